The summed E-state index contributed by atoms with van der Waals surface area (Å²) in [7, 11) is 7.08. The Labute approximate surface area is 107 Å². The van der Waals surface area contributed by atoms with Crippen molar-refractivity contribution in [1.82, 2.24) is 14.7 Å². The van der Waals surface area contributed by atoms with E-state index in [1.54, 1.807) is 25.1 Å². The summed E-state index contributed by atoms with van der Waals surface area (Å²) < 4.78 is 11.8. The quantitative estimate of drug-likeness (QED) is 0.639. The molecule has 0 spiro atoms. The Bertz CT molecular complexity index is 388. The number of aromatic nitrogens is 2. The fourth-order valence-electron chi connectivity index (χ4n) is 1.58. The van der Waals surface area contributed by atoms with Crippen molar-refractivity contribution in [2.45, 2.75) is 13.0 Å². The number of methoxy groups -OCH3 is 2. The molecule has 0 unspecified atom stereocenters. The smallest absolute Gasteiger partial charge is 0.186 e. The Morgan fingerprint density at radius 3 is 2.72 bits per heavy atom. The Morgan fingerprint density at radius 2 is 2.17 bits per heavy atom. The number of ether oxygens (including phenoxy) is 2. The van der Waals surface area contributed by atoms with Crippen LogP contribution in [-0.2, 0) is 11.3 Å². The van der Waals surface area contributed by atoms with Crippen molar-refractivity contribution in [2.75, 3.05) is 41.5 Å². The molecule has 0 N–H and O–H groups in total. The van der Waals surface area contributed by atoms with Crippen LogP contribution in [0.1, 0.15) is 16.9 Å². The standard InChI is InChI=1S/C12H21N3O3/c1-14(2)6-7-15-12(10(16)5-8-17-3)11(18-4)9-13-15/h9H,5-8H2,1-4H3. The van der Waals surface area contributed by atoms with E-state index >= 15 is 0 Å². The van der Waals surface area contributed by atoms with Crippen LogP contribution < -0.4 is 4.74 Å². The number of ketones is 1. The van der Waals surface area contributed by atoms with Gasteiger partial charge in [0.25, 0.3) is 0 Å². The van der Waals surface area contributed by atoms with Gasteiger partial charge in [0.05, 0.1) is 26.5 Å². The van der Waals surface area contributed by atoms with Gasteiger partial charge in [-0.1, -0.05) is 0 Å². The normalized spacial score (nSPS) is 10.9. The second kappa shape index (κ2) is 7.13. The third-order valence-corrected chi connectivity index (χ3v) is 2.58. The number of Topliss-reactive ketones (excluding diaryl/α,β-unsaturated/α-hetero) is 1. The van der Waals surface area contributed by atoms with Crippen molar-refractivity contribution in [2.24, 2.45) is 0 Å². The van der Waals surface area contributed by atoms with Crippen molar-refractivity contribution in [1.29, 1.82) is 0 Å². The number of carbonyl (C=O) groups is 1. The first kappa shape index (κ1) is 14.7. The first-order valence-corrected chi connectivity index (χ1v) is 5.86. The van der Waals surface area contributed by atoms with Crippen LogP contribution in [0.25, 0.3) is 0 Å². The number of hydrogen-bond donors (Lipinski definition) is 0. The minimum absolute atomic E-state index is 0.00930. The molecule has 6 heteroatoms. The molecule has 1 aromatic rings. The molecule has 0 saturated carbocycles. The summed E-state index contributed by atoms with van der Waals surface area (Å²) in [5.74, 6) is 0.514. The van der Waals surface area contributed by atoms with Gasteiger partial charge in [-0.05, 0) is 14.1 Å². The van der Waals surface area contributed by atoms with Crippen LogP contribution in [0.5, 0.6) is 5.75 Å². The summed E-state index contributed by atoms with van der Waals surface area (Å²) in [5, 5.41) is 4.19. The Morgan fingerprint density at radius 1 is 1.44 bits per heavy atom. The van der Waals surface area contributed by atoms with E-state index in [9.17, 15) is 4.79 Å². The lowest BCUT2D eigenvalue weighted by Crippen LogP contribution is -2.22. The maximum Gasteiger partial charge on any atom is 0.186 e. The zero-order chi connectivity index (χ0) is 13.5. The molecule has 0 fully saturated rings. The van der Waals surface area contributed by atoms with E-state index in [2.05, 4.69) is 5.10 Å². The van der Waals surface area contributed by atoms with E-state index in [0.29, 0.717) is 31.0 Å². The minimum atomic E-state index is -0.00930. The topological polar surface area (TPSA) is 56.6 Å². The maximum absolute atomic E-state index is 12.1. The van der Waals surface area contributed by atoms with Gasteiger partial charge in [-0.3, -0.25) is 9.48 Å². The van der Waals surface area contributed by atoms with E-state index < -0.39 is 0 Å². The molecule has 0 saturated heterocycles. The zero-order valence-corrected chi connectivity index (χ0v) is 11.5. The minimum Gasteiger partial charge on any atom is -0.493 e. The van der Waals surface area contributed by atoms with Crippen molar-refractivity contribution in [3.8, 4) is 5.75 Å². The Kier molecular flexibility index (Phi) is 5.80. The van der Waals surface area contributed by atoms with Crippen LogP contribution in [0.2, 0.25) is 0 Å². The molecule has 0 bridgehead atoms. The van der Waals surface area contributed by atoms with Gasteiger partial charge >= 0.3 is 0 Å². The molecule has 0 aliphatic carbocycles. The molecule has 1 aromatic heterocycles. The highest BCUT2D eigenvalue weighted by molar-refractivity contribution is 5.97. The molecule has 0 atom stereocenters. The lowest BCUT2D eigenvalue weighted by molar-refractivity contribution is 0.0918. The predicted octanol–water partition coefficient (Wildman–Crippen LogP) is 0.673. The maximum atomic E-state index is 12.1. The van der Waals surface area contributed by atoms with E-state index in [1.165, 1.54) is 0 Å². The molecule has 0 amide bonds. The van der Waals surface area contributed by atoms with Crippen LogP contribution in [0.3, 0.4) is 0 Å². The molecule has 6 nitrogen and oxygen atoms in total. The van der Waals surface area contributed by atoms with Gasteiger partial charge in [-0.15, -0.1) is 0 Å². The van der Waals surface area contributed by atoms with Crippen molar-refractivity contribution in [3.05, 3.63) is 11.9 Å². The van der Waals surface area contributed by atoms with Crippen LogP contribution in [-0.4, -0.2) is 61.9 Å². The van der Waals surface area contributed by atoms with Crippen LogP contribution in [0.15, 0.2) is 6.20 Å². The van der Waals surface area contributed by atoms with Gasteiger partial charge in [0, 0.05) is 20.1 Å². The number of carbonyl (C=O) groups excluding carboxylic acids is 1. The lowest BCUT2D eigenvalue weighted by atomic mass is 10.2. The van der Waals surface area contributed by atoms with Crippen molar-refractivity contribution < 1.29 is 14.3 Å². The first-order valence-electron chi connectivity index (χ1n) is 5.86. The molecule has 1 heterocycles. The molecule has 0 aliphatic heterocycles. The molecule has 0 radical (unpaired) electrons. The highest BCUT2D eigenvalue weighted by Gasteiger charge is 2.18. The number of likely N-dealkylation sites (N-methyl/N-ethyl adjacent to an activating group) is 1. The summed E-state index contributed by atoms with van der Waals surface area (Å²) in [6.45, 7) is 1.88. The summed E-state index contributed by atoms with van der Waals surface area (Å²) in [5.41, 5.74) is 0.524. The van der Waals surface area contributed by atoms with Crippen LogP contribution >= 0.6 is 0 Å². The predicted molar refractivity (Wildman–Crippen MR) is 68.2 cm³/mol. The largest absolute Gasteiger partial charge is 0.493 e. The Balaban J connectivity index is 2.84. The average molecular weight is 255 g/mol. The number of nitrogens with zero attached hydrogens (tertiary/aromatic N) is 3. The number of rotatable bonds is 8. The fourth-order valence-corrected chi connectivity index (χ4v) is 1.58. The average Bonchev–Trinajstić information content (AvgIpc) is 2.76. The van der Waals surface area contributed by atoms with Gasteiger partial charge in [0.15, 0.2) is 11.5 Å². The van der Waals surface area contributed by atoms with Gasteiger partial charge in [-0.25, -0.2) is 0 Å². The summed E-state index contributed by atoms with van der Waals surface area (Å²) >= 11 is 0. The van der Waals surface area contributed by atoms with E-state index in [-0.39, 0.29) is 5.78 Å². The molecule has 102 valence electrons. The third kappa shape index (κ3) is 3.82. The van der Waals surface area contributed by atoms with Crippen LogP contribution in [0.4, 0.5) is 0 Å². The second-order valence-corrected chi connectivity index (χ2v) is 4.25. The van der Waals surface area contributed by atoms with Crippen molar-refractivity contribution >= 4 is 5.78 Å². The first-order chi connectivity index (χ1) is 8.60. The summed E-state index contributed by atoms with van der Waals surface area (Å²) in [6.07, 6.45) is 1.91. The summed E-state index contributed by atoms with van der Waals surface area (Å²) in [4.78, 5) is 14.1. The van der Waals surface area contributed by atoms with E-state index in [1.807, 2.05) is 19.0 Å². The monoisotopic (exact) mass is 255 g/mol. The third-order valence-electron chi connectivity index (χ3n) is 2.58. The molecule has 18 heavy (non-hydrogen) atoms. The SMILES string of the molecule is COCCC(=O)c1c(OC)cnn1CCN(C)C. The number of hydrogen-bond acceptors (Lipinski definition) is 5. The van der Waals surface area contributed by atoms with Gasteiger partial charge in [-0.2, -0.15) is 5.10 Å². The Hall–Kier alpha value is -1.40. The highest BCUT2D eigenvalue weighted by atomic mass is 16.5. The molecule has 0 aromatic carbocycles. The molecule has 1 rings (SSSR count). The lowest BCUT2D eigenvalue weighted by Gasteiger charge is -2.12. The fraction of sp³-hybridized carbons (Fsp3) is 0.667. The van der Waals surface area contributed by atoms with Gasteiger partial charge < -0.3 is 14.4 Å². The van der Waals surface area contributed by atoms with E-state index in [4.69, 9.17) is 9.47 Å². The highest BCUT2D eigenvalue weighted by Crippen LogP contribution is 2.19. The zero-order valence-electron chi connectivity index (χ0n) is 11.5. The molecular formula is C12H21N3O3. The van der Waals surface area contributed by atoms with Gasteiger partial charge in [0.1, 0.15) is 5.69 Å². The summed E-state index contributed by atoms with van der Waals surface area (Å²) in [6, 6.07) is 0. The van der Waals surface area contributed by atoms with E-state index in [0.717, 1.165) is 6.54 Å². The molecular weight excluding hydrogens is 234 g/mol. The van der Waals surface area contributed by atoms with Crippen LogP contribution in [0, 0.1) is 0 Å². The van der Waals surface area contributed by atoms with Gasteiger partial charge in [0.2, 0.25) is 0 Å². The van der Waals surface area contributed by atoms with Crippen molar-refractivity contribution in [3.63, 3.8) is 0 Å². The molecule has 0 aliphatic rings. The second-order valence-electron chi connectivity index (χ2n) is 4.25.